The van der Waals surface area contributed by atoms with Gasteiger partial charge in [0.05, 0.1) is 22.1 Å². The predicted octanol–water partition coefficient (Wildman–Crippen LogP) is 6.32. The third-order valence-corrected chi connectivity index (χ3v) is 7.04. The highest BCUT2D eigenvalue weighted by molar-refractivity contribution is 6.37. The molecule has 0 unspecified atom stereocenters. The van der Waals surface area contributed by atoms with E-state index in [0.29, 0.717) is 40.1 Å². The summed E-state index contributed by atoms with van der Waals surface area (Å²) >= 11 is 13.4. The Bertz CT molecular complexity index is 1480. The maximum atomic E-state index is 12.9. The van der Waals surface area contributed by atoms with Crippen LogP contribution in [0.15, 0.2) is 49.2 Å². The number of hydrogen-bond donors (Lipinski definition) is 0. The molecule has 4 heterocycles. The Kier molecular flexibility index (Phi) is 7.20. The number of hydrogen-bond acceptors (Lipinski definition) is 7. The molecule has 1 aliphatic rings. The summed E-state index contributed by atoms with van der Waals surface area (Å²) < 4.78 is 13.8. The number of halogens is 2. The molecule has 0 radical (unpaired) electrons. The zero-order valence-corrected chi connectivity index (χ0v) is 23.3. The van der Waals surface area contributed by atoms with Crippen molar-refractivity contribution in [2.75, 3.05) is 11.4 Å². The number of carbonyl (C=O) groups excluding carboxylic acids is 1. The standard InChI is InChI=1S/C28H29Cl2N5O3/c1-17-13-22(34-12-10-31-16-34)18-7-5-9-23(25(18)33-17)37-15-19-20(29)14-32-26(24(19)30)35-11-6-8-21(35)27(36)38-28(2,3)4/h5,7,9-10,12-14,16,21H,6,8,11,15H2,1-4H3/t21-/m0/s1. The molecule has 1 saturated heterocycles. The number of aromatic nitrogens is 4. The van der Waals surface area contributed by atoms with Crippen molar-refractivity contribution in [3.05, 3.63) is 70.5 Å². The maximum absolute atomic E-state index is 12.9. The number of rotatable bonds is 6. The van der Waals surface area contributed by atoms with Gasteiger partial charge in [0.15, 0.2) is 0 Å². The second kappa shape index (κ2) is 10.4. The molecule has 0 aliphatic carbocycles. The normalized spacial score (nSPS) is 15.7. The minimum Gasteiger partial charge on any atom is -0.487 e. The molecule has 4 aromatic rings. The molecule has 0 saturated carbocycles. The Morgan fingerprint density at radius 2 is 2.05 bits per heavy atom. The van der Waals surface area contributed by atoms with Crippen molar-refractivity contribution in [3.8, 4) is 11.4 Å². The van der Waals surface area contributed by atoms with Gasteiger partial charge in [-0.25, -0.2) is 19.7 Å². The number of para-hydroxylation sites is 1. The molecule has 0 spiro atoms. The zero-order chi connectivity index (χ0) is 27.0. The monoisotopic (exact) mass is 553 g/mol. The number of anilines is 1. The van der Waals surface area contributed by atoms with Crippen molar-refractivity contribution in [1.29, 1.82) is 0 Å². The van der Waals surface area contributed by atoms with Crippen LogP contribution in [0.3, 0.4) is 0 Å². The summed E-state index contributed by atoms with van der Waals surface area (Å²) in [5.74, 6) is 0.815. The van der Waals surface area contributed by atoms with E-state index in [9.17, 15) is 4.79 Å². The predicted molar refractivity (Wildman–Crippen MR) is 148 cm³/mol. The molecule has 5 rings (SSSR count). The first-order chi connectivity index (χ1) is 18.1. The van der Waals surface area contributed by atoms with Crippen molar-refractivity contribution < 1.29 is 14.3 Å². The lowest BCUT2D eigenvalue weighted by atomic mass is 10.1. The molecule has 10 heteroatoms. The van der Waals surface area contributed by atoms with Gasteiger partial charge in [-0.3, -0.25) is 0 Å². The minimum atomic E-state index is -0.579. The van der Waals surface area contributed by atoms with Gasteiger partial charge < -0.3 is 18.9 Å². The quantitative estimate of drug-likeness (QED) is 0.258. The summed E-state index contributed by atoms with van der Waals surface area (Å²) in [6.07, 6.45) is 8.43. The fourth-order valence-electron chi connectivity index (χ4n) is 4.67. The van der Waals surface area contributed by atoms with E-state index < -0.39 is 11.6 Å². The van der Waals surface area contributed by atoms with Gasteiger partial charge in [-0.05, 0) is 52.7 Å². The topological polar surface area (TPSA) is 82.4 Å². The number of imidazole rings is 1. The van der Waals surface area contributed by atoms with E-state index in [0.717, 1.165) is 28.7 Å². The highest BCUT2D eigenvalue weighted by Crippen LogP contribution is 2.37. The first-order valence-corrected chi connectivity index (χ1v) is 13.2. The smallest absolute Gasteiger partial charge is 0.329 e. The van der Waals surface area contributed by atoms with Crippen molar-refractivity contribution in [1.82, 2.24) is 19.5 Å². The highest BCUT2D eigenvalue weighted by atomic mass is 35.5. The largest absolute Gasteiger partial charge is 0.487 e. The number of ether oxygens (including phenoxy) is 2. The van der Waals surface area contributed by atoms with Gasteiger partial charge in [-0.1, -0.05) is 35.3 Å². The molecule has 0 bridgehead atoms. The lowest BCUT2D eigenvalue weighted by molar-refractivity contribution is -0.156. The average molecular weight is 554 g/mol. The van der Waals surface area contributed by atoms with E-state index >= 15 is 0 Å². The molecule has 1 aromatic carbocycles. The van der Waals surface area contributed by atoms with Crippen molar-refractivity contribution in [3.63, 3.8) is 0 Å². The lowest BCUT2D eigenvalue weighted by Gasteiger charge is -2.29. The van der Waals surface area contributed by atoms with Crippen molar-refractivity contribution in [2.24, 2.45) is 0 Å². The summed E-state index contributed by atoms with van der Waals surface area (Å²) in [4.78, 5) is 28.2. The number of carbonyl (C=O) groups is 1. The van der Waals surface area contributed by atoms with Gasteiger partial charge in [0.2, 0.25) is 0 Å². The molecule has 198 valence electrons. The highest BCUT2D eigenvalue weighted by Gasteiger charge is 2.36. The van der Waals surface area contributed by atoms with E-state index in [4.69, 9.17) is 37.7 Å². The minimum absolute atomic E-state index is 0.104. The van der Waals surface area contributed by atoms with Gasteiger partial charge in [-0.15, -0.1) is 0 Å². The van der Waals surface area contributed by atoms with Gasteiger partial charge in [-0.2, -0.15) is 0 Å². The van der Waals surface area contributed by atoms with E-state index in [1.54, 1.807) is 18.7 Å². The fourth-order valence-corrected chi connectivity index (χ4v) is 5.23. The van der Waals surface area contributed by atoms with Crippen LogP contribution >= 0.6 is 23.2 Å². The number of nitrogens with zero attached hydrogens (tertiary/aromatic N) is 5. The first kappa shape index (κ1) is 26.3. The van der Waals surface area contributed by atoms with Crippen LogP contribution in [0, 0.1) is 6.92 Å². The summed E-state index contributed by atoms with van der Waals surface area (Å²) in [5.41, 5.74) is 2.54. The molecule has 38 heavy (non-hydrogen) atoms. The molecule has 0 amide bonds. The van der Waals surface area contributed by atoms with E-state index in [2.05, 4.69) is 9.97 Å². The summed E-state index contributed by atoms with van der Waals surface area (Å²) in [5, 5.41) is 1.67. The molecule has 3 aromatic heterocycles. The molecule has 0 N–H and O–H groups in total. The Labute approximate surface area is 231 Å². The second-order valence-corrected chi connectivity index (χ2v) is 11.1. The van der Waals surface area contributed by atoms with E-state index in [-0.39, 0.29) is 12.6 Å². The number of benzene rings is 1. The lowest BCUT2D eigenvalue weighted by Crippen LogP contribution is -2.41. The average Bonchev–Trinajstić information content (AvgIpc) is 3.55. The van der Waals surface area contributed by atoms with E-state index in [1.807, 2.05) is 67.6 Å². The molecule has 1 aliphatic heterocycles. The van der Waals surface area contributed by atoms with Gasteiger partial charge in [0.25, 0.3) is 0 Å². The Hall–Kier alpha value is -3.36. The van der Waals surface area contributed by atoms with Crippen LogP contribution < -0.4 is 9.64 Å². The molecular formula is C28H29Cl2N5O3. The van der Waals surface area contributed by atoms with Crippen LogP contribution in [-0.4, -0.2) is 43.7 Å². The fraction of sp³-hybridized carbons (Fsp3) is 0.357. The number of aryl methyl sites for hydroxylation is 1. The molecular weight excluding hydrogens is 525 g/mol. The van der Waals surface area contributed by atoms with Gasteiger partial charge >= 0.3 is 5.97 Å². The number of pyridine rings is 2. The van der Waals surface area contributed by atoms with Gasteiger partial charge in [0, 0.05) is 41.8 Å². The Morgan fingerprint density at radius 1 is 1.24 bits per heavy atom. The van der Waals surface area contributed by atoms with Crippen molar-refractivity contribution in [2.45, 2.75) is 58.8 Å². The zero-order valence-electron chi connectivity index (χ0n) is 21.7. The number of esters is 1. The third kappa shape index (κ3) is 5.28. The molecule has 1 fully saturated rings. The van der Waals surface area contributed by atoms with Crippen LogP contribution in [-0.2, 0) is 16.1 Å². The molecule has 8 nitrogen and oxygen atoms in total. The summed E-state index contributed by atoms with van der Waals surface area (Å²) in [6.45, 7) is 8.26. The number of fused-ring (bicyclic) bond motifs is 1. The maximum Gasteiger partial charge on any atom is 0.329 e. The van der Waals surface area contributed by atoms with Crippen molar-refractivity contribution >= 4 is 45.9 Å². The van der Waals surface area contributed by atoms with Crippen LogP contribution in [0.5, 0.6) is 5.75 Å². The van der Waals surface area contributed by atoms with E-state index in [1.165, 1.54) is 0 Å². The SMILES string of the molecule is Cc1cc(-n2ccnc2)c2cccc(OCc3c(Cl)cnc(N4CCC[C@H]4C(=O)OC(C)(C)C)c3Cl)c2n1. The third-order valence-electron chi connectivity index (χ3n) is 6.32. The van der Waals surface area contributed by atoms with Crippen LogP contribution in [0.25, 0.3) is 16.6 Å². The Balaban J connectivity index is 1.44. The first-order valence-electron chi connectivity index (χ1n) is 12.5. The van der Waals surface area contributed by atoms with Crippen LogP contribution in [0.2, 0.25) is 10.0 Å². The molecule has 1 atom stereocenters. The summed E-state index contributed by atoms with van der Waals surface area (Å²) in [6, 6.07) is 7.34. The second-order valence-electron chi connectivity index (χ2n) is 10.3. The van der Waals surface area contributed by atoms with Crippen LogP contribution in [0.1, 0.15) is 44.9 Å². The Morgan fingerprint density at radius 3 is 2.79 bits per heavy atom. The summed E-state index contributed by atoms with van der Waals surface area (Å²) in [7, 11) is 0. The van der Waals surface area contributed by atoms with Crippen LogP contribution in [0.4, 0.5) is 5.82 Å². The van der Waals surface area contributed by atoms with Gasteiger partial charge in [0.1, 0.15) is 35.3 Å².